The van der Waals surface area contributed by atoms with E-state index in [1.54, 1.807) is 0 Å². The normalized spacial score (nSPS) is 18.2. The van der Waals surface area contributed by atoms with Crippen LogP contribution in [0.2, 0.25) is 0 Å². The standard InChI is InChI=1S/C15H22N2O/c1-16-11-5-10-15(18)17-14-9-4-7-12-6-2-3-8-13(12)14/h2-3,6,8,14,16H,4-5,7,9-11H2,1H3,(H,17,18). The zero-order chi connectivity index (χ0) is 12.8. The van der Waals surface area contributed by atoms with E-state index in [0.717, 1.165) is 25.8 Å². The molecule has 1 aromatic carbocycles. The third-order valence-corrected chi connectivity index (χ3v) is 3.54. The molecule has 2 rings (SSSR count). The highest BCUT2D eigenvalue weighted by molar-refractivity contribution is 5.76. The molecule has 0 aliphatic heterocycles. The van der Waals surface area contributed by atoms with Gasteiger partial charge in [0.2, 0.25) is 5.91 Å². The quantitative estimate of drug-likeness (QED) is 0.782. The van der Waals surface area contributed by atoms with Gasteiger partial charge in [0.05, 0.1) is 6.04 Å². The maximum Gasteiger partial charge on any atom is 0.220 e. The molecule has 0 bridgehead atoms. The van der Waals surface area contributed by atoms with Gasteiger partial charge in [-0.05, 0) is 50.4 Å². The number of carbonyl (C=O) groups excluding carboxylic acids is 1. The number of amides is 1. The summed E-state index contributed by atoms with van der Waals surface area (Å²) in [4.78, 5) is 11.9. The van der Waals surface area contributed by atoms with Crippen LogP contribution in [0.1, 0.15) is 42.9 Å². The Morgan fingerprint density at radius 2 is 2.22 bits per heavy atom. The summed E-state index contributed by atoms with van der Waals surface area (Å²) in [5.41, 5.74) is 2.70. The molecular weight excluding hydrogens is 224 g/mol. The van der Waals surface area contributed by atoms with Gasteiger partial charge in [0.25, 0.3) is 0 Å². The molecule has 1 aromatic rings. The van der Waals surface area contributed by atoms with E-state index >= 15 is 0 Å². The van der Waals surface area contributed by atoms with E-state index in [4.69, 9.17) is 0 Å². The highest BCUT2D eigenvalue weighted by Crippen LogP contribution is 2.29. The molecule has 1 aliphatic rings. The van der Waals surface area contributed by atoms with Crippen molar-refractivity contribution in [1.82, 2.24) is 10.6 Å². The van der Waals surface area contributed by atoms with Gasteiger partial charge in [0.15, 0.2) is 0 Å². The fourth-order valence-corrected chi connectivity index (χ4v) is 2.60. The van der Waals surface area contributed by atoms with Crippen LogP contribution in [0.3, 0.4) is 0 Å². The van der Waals surface area contributed by atoms with E-state index in [-0.39, 0.29) is 11.9 Å². The number of benzene rings is 1. The van der Waals surface area contributed by atoms with Crippen LogP contribution in [0.4, 0.5) is 0 Å². The SMILES string of the molecule is CNCCCC(=O)NC1CCCc2ccccc21. The van der Waals surface area contributed by atoms with Crippen LogP contribution in [0, 0.1) is 0 Å². The van der Waals surface area contributed by atoms with E-state index in [0.29, 0.717) is 6.42 Å². The minimum absolute atomic E-state index is 0.173. The number of nitrogens with one attached hydrogen (secondary N) is 2. The average molecular weight is 246 g/mol. The van der Waals surface area contributed by atoms with Gasteiger partial charge in [-0.15, -0.1) is 0 Å². The Hall–Kier alpha value is -1.35. The predicted octanol–water partition coefficient (Wildman–Crippen LogP) is 2.18. The van der Waals surface area contributed by atoms with Gasteiger partial charge >= 0.3 is 0 Å². The Morgan fingerprint density at radius 3 is 3.06 bits per heavy atom. The van der Waals surface area contributed by atoms with Gasteiger partial charge < -0.3 is 10.6 Å². The Kier molecular flexibility index (Phi) is 4.76. The fourth-order valence-electron chi connectivity index (χ4n) is 2.60. The van der Waals surface area contributed by atoms with Gasteiger partial charge in [0.1, 0.15) is 0 Å². The van der Waals surface area contributed by atoms with Crippen LogP contribution in [0.15, 0.2) is 24.3 Å². The zero-order valence-electron chi connectivity index (χ0n) is 11.0. The summed E-state index contributed by atoms with van der Waals surface area (Å²) in [5, 5.41) is 6.23. The maximum absolute atomic E-state index is 11.9. The summed E-state index contributed by atoms with van der Waals surface area (Å²) >= 11 is 0. The van der Waals surface area contributed by atoms with Crippen LogP contribution in [-0.4, -0.2) is 19.5 Å². The Bertz CT molecular complexity index is 403. The average Bonchev–Trinajstić information content (AvgIpc) is 2.39. The lowest BCUT2D eigenvalue weighted by Crippen LogP contribution is -2.31. The molecule has 0 spiro atoms. The summed E-state index contributed by atoms with van der Waals surface area (Å²) in [6.45, 7) is 0.897. The summed E-state index contributed by atoms with van der Waals surface area (Å²) in [7, 11) is 1.91. The van der Waals surface area contributed by atoms with Crippen molar-refractivity contribution in [2.45, 2.75) is 38.1 Å². The molecule has 1 amide bonds. The van der Waals surface area contributed by atoms with Crippen LogP contribution >= 0.6 is 0 Å². The molecule has 3 nitrogen and oxygen atoms in total. The first-order chi connectivity index (χ1) is 8.81. The van der Waals surface area contributed by atoms with Crippen molar-refractivity contribution in [1.29, 1.82) is 0 Å². The highest BCUT2D eigenvalue weighted by atomic mass is 16.1. The second-order valence-electron chi connectivity index (χ2n) is 4.92. The number of carbonyl (C=O) groups is 1. The third kappa shape index (κ3) is 3.33. The van der Waals surface area contributed by atoms with Crippen molar-refractivity contribution in [2.75, 3.05) is 13.6 Å². The molecule has 0 fully saturated rings. The summed E-state index contributed by atoms with van der Waals surface area (Å²) in [6, 6.07) is 8.68. The predicted molar refractivity (Wildman–Crippen MR) is 73.4 cm³/mol. The van der Waals surface area contributed by atoms with Gasteiger partial charge in [0, 0.05) is 6.42 Å². The minimum Gasteiger partial charge on any atom is -0.349 e. The molecule has 3 heteroatoms. The Labute approximate surface area is 109 Å². The van der Waals surface area contributed by atoms with Crippen molar-refractivity contribution in [3.63, 3.8) is 0 Å². The van der Waals surface area contributed by atoms with Crippen molar-refractivity contribution in [3.8, 4) is 0 Å². The number of aryl methyl sites for hydroxylation is 1. The van der Waals surface area contributed by atoms with E-state index in [1.165, 1.54) is 17.5 Å². The van der Waals surface area contributed by atoms with Crippen molar-refractivity contribution >= 4 is 5.91 Å². The lowest BCUT2D eigenvalue weighted by atomic mass is 9.87. The van der Waals surface area contributed by atoms with Gasteiger partial charge in [-0.3, -0.25) is 4.79 Å². The van der Waals surface area contributed by atoms with Crippen LogP contribution in [-0.2, 0) is 11.2 Å². The van der Waals surface area contributed by atoms with E-state index in [2.05, 4.69) is 34.9 Å². The van der Waals surface area contributed by atoms with Crippen LogP contribution < -0.4 is 10.6 Å². The van der Waals surface area contributed by atoms with E-state index in [1.807, 2.05) is 7.05 Å². The lowest BCUT2D eigenvalue weighted by molar-refractivity contribution is -0.122. The first kappa shape index (κ1) is 13.1. The number of hydrogen-bond donors (Lipinski definition) is 2. The molecule has 1 unspecified atom stereocenters. The lowest BCUT2D eigenvalue weighted by Gasteiger charge is -2.26. The number of fused-ring (bicyclic) bond motifs is 1. The van der Waals surface area contributed by atoms with Crippen molar-refractivity contribution < 1.29 is 4.79 Å². The summed E-state index contributed by atoms with van der Waals surface area (Å²) in [6.07, 6.45) is 4.88. The minimum atomic E-state index is 0.173. The molecule has 0 saturated heterocycles. The van der Waals surface area contributed by atoms with Crippen LogP contribution in [0.5, 0.6) is 0 Å². The molecule has 1 atom stereocenters. The van der Waals surface area contributed by atoms with E-state index in [9.17, 15) is 4.79 Å². The first-order valence-corrected chi connectivity index (χ1v) is 6.83. The molecule has 0 radical (unpaired) electrons. The molecule has 2 N–H and O–H groups in total. The molecule has 1 aliphatic carbocycles. The number of rotatable bonds is 5. The Balaban J connectivity index is 1.92. The van der Waals surface area contributed by atoms with Crippen molar-refractivity contribution in [2.24, 2.45) is 0 Å². The fraction of sp³-hybridized carbons (Fsp3) is 0.533. The molecular formula is C15H22N2O. The molecule has 0 heterocycles. The molecule has 0 saturated carbocycles. The summed E-state index contributed by atoms with van der Waals surface area (Å²) < 4.78 is 0. The summed E-state index contributed by atoms with van der Waals surface area (Å²) in [5.74, 6) is 0.173. The van der Waals surface area contributed by atoms with E-state index < -0.39 is 0 Å². The zero-order valence-corrected chi connectivity index (χ0v) is 11.0. The maximum atomic E-state index is 11.9. The topological polar surface area (TPSA) is 41.1 Å². The smallest absolute Gasteiger partial charge is 0.220 e. The molecule has 98 valence electrons. The monoisotopic (exact) mass is 246 g/mol. The second-order valence-corrected chi connectivity index (χ2v) is 4.92. The van der Waals surface area contributed by atoms with Crippen LogP contribution in [0.25, 0.3) is 0 Å². The number of hydrogen-bond acceptors (Lipinski definition) is 2. The third-order valence-electron chi connectivity index (χ3n) is 3.54. The Morgan fingerprint density at radius 1 is 1.39 bits per heavy atom. The van der Waals surface area contributed by atoms with Gasteiger partial charge in [-0.2, -0.15) is 0 Å². The van der Waals surface area contributed by atoms with Crippen molar-refractivity contribution in [3.05, 3.63) is 35.4 Å². The second kappa shape index (κ2) is 6.55. The molecule has 0 aromatic heterocycles. The largest absolute Gasteiger partial charge is 0.349 e. The first-order valence-electron chi connectivity index (χ1n) is 6.83. The highest BCUT2D eigenvalue weighted by Gasteiger charge is 2.20. The molecule has 18 heavy (non-hydrogen) atoms. The van der Waals surface area contributed by atoms with Gasteiger partial charge in [-0.1, -0.05) is 24.3 Å². The van der Waals surface area contributed by atoms with Gasteiger partial charge in [-0.25, -0.2) is 0 Å².